The summed E-state index contributed by atoms with van der Waals surface area (Å²) in [5.74, 6) is -0.274. The average Bonchev–Trinajstić information content (AvgIpc) is 2.83. The van der Waals surface area contributed by atoms with Crippen LogP contribution in [-0.4, -0.2) is 36.2 Å². The molecular formula is C17H19N3O2. The van der Waals surface area contributed by atoms with E-state index in [1.54, 1.807) is 12.3 Å². The molecular weight excluding hydrogens is 278 g/mol. The first-order valence-corrected chi connectivity index (χ1v) is 7.26. The highest BCUT2D eigenvalue weighted by atomic mass is 16.3. The molecule has 5 heteroatoms. The van der Waals surface area contributed by atoms with Crippen LogP contribution in [-0.2, 0) is 6.42 Å². The Kier molecular flexibility index (Phi) is 3.81. The summed E-state index contributed by atoms with van der Waals surface area (Å²) >= 11 is 0. The molecule has 0 bridgehead atoms. The number of aliphatic hydroxyl groups excluding tert-OH is 1. The fourth-order valence-corrected chi connectivity index (χ4v) is 2.78. The van der Waals surface area contributed by atoms with Gasteiger partial charge in [0.25, 0.3) is 5.91 Å². The van der Waals surface area contributed by atoms with Crippen LogP contribution in [0.2, 0.25) is 0 Å². The molecule has 2 N–H and O–H groups in total. The molecule has 0 saturated heterocycles. The Balaban J connectivity index is 1.81. The summed E-state index contributed by atoms with van der Waals surface area (Å²) < 4.78 is 0. The fourth-order valence-electron chi connectivity index (χ4n) is 2.78. The average molecular weight is 297 g/mol. The molecule has 0 unspecified atom stereocenters. The lowest BCUT2D eigenvalue weighted by atomic mass is 10.1. The van der Waals surface area contributed by atoms with Crippen LogP contribution in [0.3, 0.4) is 0 Å². The summed E-state index contributed by atoms with van der Waals surface area (Å²) in [6, 6.07) is 11.0. The highest BCUT2D eigenvalue weighted by molar-refractivity contribution is 5.93. The van der Waals surface area contributed by atoms with Crippen molar-refractivity contribution < 1.29 is 9.90 Å². The quantitative estimate of drug-likeness (QED) is 0.902. The molecule has 0 saturated carbocycles. The van der Waals surface area contributed by atoms with Gasteiger partial charge in [0, 0.05) is 32.4 Å². The topological polar surface area (TPSA) is 65.5 Å². The van der Waals surface area contributed by atoms with E-state index in [1.165, 1.54) is 0 Å². The third-order valence-electron chi connectivity index (χ3n) is 3.98. The predicted molar refractivity (Wildman–Crippen MR) is 84.9 cm³/mol. The van der Waals surface area contributed by atoms with Gasteiger partial charge < -0.3 is 15.3 Å². The number of carbonyl (C=O) groups is 1. The molecule has 0 fully saturated rings. The molecule has 1 aromatic heterocycles. The molecule has 1 amide bonds. The van der Waals surface area contributed by atoms with E-state index in [2.05, 4.69) is 10.3 Å². The lowest BCUT2D eigenvalue weighted by molar-refractivity contribution is 0.0853. The summed E-state index contributed by atoms with van der Waals surface area (Å²) in [7, 11) is 3.82. The van der Waals surface area contributed by atoms with Crippen LogP contribution in [0.4, 0.5) is 5.69 Å². The Morgan fingerprint density at radius 3 is 2.86 bits per heavy atom. The Bertz CT molecular complexity index is 700. The number of amides is 1. The molecule has 0 aliphatic heterocycles. The smallest absolute Gasteiger partial charge is 0.270 e. The fraction of sp³-hybridized carbons (Fsp3) is 0.294. The van der Waals surface area contributed by atoms with E-state index >= 15 is 0 Å². The molecule has 1 heterocycles. The zero-order chi connectivity index (χ0) is 15.7. The second-order valence-electron chi connectivity index (χ2n) is 5.72. The highest BCUT2D eigenvalue weighted by Gasteiger charge is 2.32. The monoisotopic (exact) mass is 297 g/mol. The van der Waals surface area contributed by atoms with Gasteiger partial charge in [-0.1, -0.05) is 24.3 Å². The summed E-state index contributed by atoms with van der Waals surface area (Å²) in [5.41, 5.74) is 3.32. The van der Waals surface area contributed by atoms with Gasteiger partial charge in [0.05, 0.1) is 12.1 Å². The predicted octanol–water partition coefficient (Wildman–Crippen LogP) is 1.54. The number of aliphatic hydroxyl groups is 1. The van der Waals surface area contributed by atoms with Crippen LogP contribution in [0.5, 0.6) is 0 Å². The Morgan fingerprint density at radius 2 is 2.09 bits per heavy atom. The van der Waals surface area contributed by atoms with Crippen molar-refractivity contribution in [3.8, 4) is 0 Å². The normalized spacial score (nSPS) is 19.6. The molecule has 114 valence electrons. The van der Waals surface area contributed by atoms with Gasteiger partial charge in [0.1, 0.15) is 5.69 Å². The van der Waals surface area contributed by atoms with Crippen molar-refractivity contribution >= 4 is 11.6 Å². The molecule has 2 atom stereocenters. The molecule has 3 rings (SSSR count). The van der Waals surface area contributed by atoms with Gasteiger partial charge in [-0.15, -0.1) is 0 Å². The minimum atomic E-state index is -0.599. The first-order chi connectivity index (χ1) is 10.6. The third kappa shape index (κ3) is 2.67. The number of nitrogens with one attached hydrogen (secondary N) is 1. The Hall–Kier alpha value is -2.40. The Labute approximate surface area is 129 Å². The number of hydrogen-bond acceptors (Lipinski definition) is 4. The van der Waals surface area contributed by atoms with Gasteiger partial charge >= 0.3 is 0 Å². The van der Waals surface area contributed by atoms with Crippen LogP contribution in [0, 0.1) is 0 Å². The van der Waals surface area contributed by atoms with E-state index in [0.29, 0.717) is 12.1 Å². The van der Waals surface area contributed by atoms with E-state index in [0.717, 1.165) is 16.8 Å². The van der Waals surface area contributed by atoms with Crippen LogP contribution >= 0.6 is 0 Å². The molecule has 1 aliphatic carbocycles. The second kappa shape index (κ2) is 5.77. The molecule has 0 radical (unpaired) electrons. The molecule has 1 aromatic carbocycles. The number of fused-ring (bicyclic) bond motifs is 1. The number of nitrogens with zero attached hydrogens (tertiary/aromatic N) is 2. The molecule has 22 heavy (non-hydrogen) atoms. The van der Waals surface area contributed by atoms with Crippen LogP contribution in [0.25, 0.3) is 0 Å². The standard InChI is InChI=1S/C17H19N3O2/c1-20(2)12-7-8-18-14(10-12)17(22)19-16-13-6-4-3-5-11(13)9-15(16)21/h3-8,10,15-16,21H,9H2,1-2H3,(H,19,22)/t15-,16+/m0/s1. The van der Waals surface area contributed by atoms with Crippen LogP contribution in [0.1, 0.15) is 27.7 Å². The zero-order valence-electron chi connectivity index (χ0n) is 12.7. The van der Waals surface area contributed by atoms with Gasteiger partial charge in [-0.2, -0.15) is 0 Å². The van der Waals surface area contributed by atoms with E-state index in [-0.39, 0.29) is 11.9 Å². The van der Waals surface area contributed by atoms with Gasteiger partial charge in [-0.25, -0.2) is 0 Å². The summed E-state index contributed by atoms with van der Waals surface area (Å²) in [5, 5.41) is 13.1. The van der Waals surface area contributed by atoms with Crippen molar-refractivity contribution in [2.45, 2.75) is 18.6 Å². The van der Waals surface area contributed by atoms with Gasteiger partial charge in [0.2, 0.25) is 0 Å². The number of aromatic nitrogens is 1. The number of carbonyl (C=O) groups excluding carboxylic acids is 1. The maximum atomic E-state index is 12.4. The first kappa shape index (κ1) is 14.5. The van der Waals surface area contributed by atoms with Gasteiger partial charge in [-0.3, -0.25) is 9.78 Å². The van der Waals surface area contributed by atoms with E-state index in [1.807, 2.05) is 49.3 Å². The number of hydrogen-bond donors (Lipinski definition) is 2. The molecule has 1 aliphatic rings. The zero-order valence-corrected chi connectivity index (χ0v) is 12.7. The summed E-state index contributed by atoms with van der Waals surface area (Å²) in [6.07, 6.45) is 1.58. The molecule has 0 spiro atoms. The van der Waals surface area contributed by atoms with E-state index in [9.17, 15) is 9.90 Å². The second-order valence-corrected chi connectivity index (χ2v) is 5.72. The maximum Gasteiger partial charge on any atom is 0.270 e. The lowest BCUT2D eigenvalue weighted by Crippen LogP contribution is -2.34. The first-order valence-electron chi connectivity index (χ1n) is 7.26. The summed E-state index contributed by atoms with van der Waals surface area (Å²) in [6.45, 7) is 0. The number of benzene rings is 1. The van der Waals surface area contributed by atoms with Crippen molar-refractivity contribution in [1.29, 1.82) is 0 Å². The van der Waals surface area contributed by atoms with Gasteiger partial charge in [0.15, 0.2) is 0 Å². The molecule has 2 aromatic rings. The van der Waals surface area contributed by atoms with Crippen molar-refractivity contribution in [2.24, 2.45) is 0 Å². The minimum Gasteiger partial charge on any atom is -0.390 e. The van der Waals surface area contributed by atoms with Crippen molar-refractivity contribution in [2.75, 3.05) is 19.0 Å². The third-order valence-corrected chi connectivity index (χ3v) is 3.98. The minimum absolute atomic E-state index is 0.274. The number of anilines is 1. The number of pyridine rings is 1. The van der Waals surface area contributed by atoms with E-state index < -0.39 is 6.10 Å². The number of rotatable bonds is 3. The Morgan fingerprint density at radius 1 is 1.32 bits per heavy atom. The van der Waals surface area contributed by atoms with Crippen LogP contribution < -0.4 is 10.2 Å². The van der Waals surface area contributed by atoms with Crippen molar-refractivity contribution in [3.63, 3.8) is 0 Å². The van der Waals surface area contributed by atoms with Gasteiger partial charge in [-0.05, 0) is 23.3 Å². The van der Waals surface area contributed by atoms with Crippen LogP contribution in [0.15, 0.2) is 42.6 Å². The lowest BCUT2D eigenvalue weighted by Gasteiger charge is -2.18. The van der Waals surface area contributed by atoms with Crippen molar-refractivity contribution in [3.05, 3.63) is 59.4 Å². The largest absolute Gasteiger partial charge is 0.390 e. The SMILES string of the molecule is CN(C)c1ccnc(C(=O)N[C@@H]2c3ccccc3C[C@@H]2O)c1. The summed E-state index contributed by atoms with van der Waals surface area (Å²) in [4.78, 5) is 18.5. The van der Waals surface area contributed by atoms with E-state index in [4.69, 9.17) is 0 Å². The molecule has 5 nitrogen and oxygen atoms in total. The highest BCUT2D eigenvalue weighted by Crippen LogP contribution is 2.31. The maximum absolute atomic E-state index is 12.4. The van der Waals surface area contributed by atoms with Crippen molar-refractivity contribution in [1.82, 2.24) is 10.3 Å².